The lowest BCUT2D eigenvalue weighted by Crippen LogP contribution is -2.39. The molecular formula is C23H27N3O5S2. The second-order valence-corrected chi connectivity index (χ2v) is 12.3. The molecule has 1 saturated heterocycles. The number of carbonyl (C=O) groups is 2. The van der Waals surface area contributed by atoms with Gasteiger partial charge in [0.05, 0.1) is 15.4 Å². The molecule has 0 spiro atoms. The number of likely N-dealkylation sites (tertiary alicyclic amines) is 1. The molecule has 1 saturated carbocycles. The SMILES string of the molecule is Cc1csc(Sc2ccc(C(=O)OCC(=O)N3C[C@@]4(C)C[C@@H]3CC(C)(C)C4)cc2[N+](=O)[O-])n1. The molecule has 0 radical (unpaired) electrons. The number of aryl methyl sites for hydroxylation is 1. The molecule has 1 aliphatic heterocycles. The van der Waals surface area contributed by atoms with E-state index in [2.05, 4.69) is 25.8 Å². The van der Waals surface area contributed by atoms with Gasteiger partial charge < -0.3 is 9.64 Å². The molecule has 2 aliphatic rings. The van der Waals surface area contributed by atoms with Gasteiger partial charge in [0, 0.05) is 29.7 Å². The Hall–Kier alpha value is -2.46. The summed E-state index contributed by atoms with van der Waals surface area (Å²) in [6.07, 6.45) is 2.97. The predicted molar refractivity (Wildman–Crippen MR) is 126 cm³/mol. The first-order valence-corrected chi connectivity index (χ1v) is 12.5. The third-order valence-electron chi connectivity index (χ3n) is 6.25. The van der Waals surface area contributed by atoms with E-state index in [9.17, 15) is 19.7 Å². The molecule has 2 heterocycles. The number of aromatic nitrogens is 1. The topological polar surface area (TPSA) is 103 Å². The maximum atomic E-state index is 12.8. The molecule has 2 fully saturated rings. The predicted octanol–water partition coefficient (Wildman–Crippen LogP) is 5.09. The van der Waals surface area contributed by atoms with E-state index >= 15 is 0 Å². The second kappa shape index (κ2) is 8.72. The smallest absolute Gasteiger partial charge is 0.338 e. The third kappa shape index (κ3) is 5.22. The number of esters is 1. The molecule has 2 aromatic rings. The van der Waals surface area contributed by atoms with Gasteiger partial charge in [-0.2, -0.15) is 0 Å². The van der Waals surface area contributed by atoms with Crippen LogP contribution in [0, 0.1) is 27.9 Å². The zero-order chi connectivity index (χ0) is 24.0. The van der Waals surface area contributed by atoms with Crippen molar-refractivity contribution in [3.8, 4) is 0 Å². The number of nitrogens with zero attached hydrogens (tertiary/aromatic N) is 3. The summed E-state index contributed by atoms with van der Waals surface area (Å²) >= 11 is 2.58. The summed E-state index contributed by atoms with van der Waals surface area (Å²) in [7, 11) is 0. The van der Waals surface area contributed by atoms with E-state index in [0.29, 0.717) is 15.8 Å². The maximum absolute atomic E-state index is 12.8. The molecule has 0 N–H and O–H groups in total. The number of ether oxygens (including phenoxy) is 1. The van der Waals surface area contributed by atoms with Crippen LogP contribution >= 0.6 is 23.1 Å². The lowest BCUT2D eigenvalue weighted by atomic mass is 9.65. The van der Waals surface area contributed by atoms with Gasteiger partial charge in [0.2, 0.25) is 0 Å². The van der Waals surface area contributed by atoms with Gasteiger partial charge in [-0.3, -0.25) is 14.9 Å². The van der Waals surface area contributed by atoms with Gasteiger partial charge >= 0.3 is 5.97 Å². The van der Waals surface area contributed by atoms with Crippen LogP contribution in [0.1, 0.15) is 56.1 Å². The van der Waals surface area contributed by atoms with Crippen molar-refractivity contribution >= 4 is 40.7 Å². The average molecular weight is 490 g/mol. The Bertz CT molecular complexity index is 1120. The van der Waals surface area contributed by atoms with Crippen LogP contribution in [0.4, 0.5) is 5.69 Å². The zero-order valence-electron chi connectivity index (χ0n) is 19.1. The van der Waals surface area contributed by atoms with E-state index in [4.69, 9.17) is 4.74 Å². The highest BCUT2D eigenvalue weighted by Gasteiger charge is 2.50. The van der Waals surface area contributed by atoms with Crippen LogP contribution in [-0.2, 0) is 9.53 Å². The van der Waals surface area contributed by atoms with Crippen molar-refractivity contribution in [2.24, 2.45) is 10.8 Å². The van der Waals surface area contributed by atoms with Gasteiger partial charge in [-0.15, -0.1) is 11.3 Å². The molecule has 2 atom stereocenters. The monoisotopic (exact) mass is 489 g/mol. The standard InChI is InChI=1S/C23H27N3O5S2/c1-14-11-32-21(24-14)33-18-6-5-15(7-17(18)26(29)30)20(28)31-10-19(27)25-13-23(4)9-16(25)8-22(2,3)12-23/h5-7,11,16H,8-10,12-13H2,1-4H3/t16-,23-/m0/s1. The number of hydrogen-bond acceptors (Lipinski definition) is 8. The number of benzene rings is 1. The molecule has 33 heavy (non-hydrogen) atoms. The van der Waals surface area contributed by atoms with Gasteiger partial charge in [0.1, 0.15) is 0 Å². The first-order chi connectivity index (χ1) is 15.4. The van der Waals surface area contributed by atoms with Crippen molar-refractivity contribution in [1.29, 1.82) is 0 Å². The molecule has 4 rings (SSSR count). The molecule has 1 aromatic heterocycles. The van der Waals surface area contributed by atoms with Crippen LogP contribution in [0.5, 0.6) is 0 Å². The van der Waals surface area contributed by atoms with Gasteiger partial charge in [0.15, 0.2) is 10.9 Å². The minimum Gasteiger partial charge on any atom is -0.452 e. The molecule has 1 aromatic carbocycles. The number of thiazole rings is 1. The molecule has 2 bridgehead atoms. The summed E-state index contributed by atoms with van der Waals surface area (Å²) in [4.78, 5) is 43.0. The highest BCUT2D eigenvalue weighted by molar-refractivity contribution is 8.01. The Morgan fingerprint density at radius 1 is 1.33 bits per heavy atom. The number of nitro groups is 1. The third-order valence-corrected chi connectivity index (χ3v) is 8.37. The molecule has 1 aliphatic carbocycles. The number of rotatable bonds is 6. The fourth-order valence-corrected chi connectivity index (χ4v) is 7.27. The lowest BCUT2D eigenvalue weighted by molar-refractivity contribution is -0.387. The normalized spacial score (nSPS) is 23.4. The molecular weight excluding hydrogens is 462 g/mol. The highest BCUT2D eigenvalue weighted by atomic mass is 32.2. The van der Waals surface area contributed by atoms with E-state index in [1.807, 2.05) is 17.2 Å². The Labute approximate surface area is 200 Å². The fraction of sp³-hybridized carbons (Fsp3) is 0.522. The van der Waals surface area contributed by atoms with Crippen LogP contribution in [-0.4, -0.2) is 45.9 Å². The Morgan fingerprint density at radius 3 is 2.76 bits per heavy atom. The summed E-state index contributed by atoms with van der Waals surface area (Å²) in [5.74, 6) is -0.961. The maximum Gasteiger partial charge on any atom is 0.338 e. The second-order valence-electron chi connectivity index (χ2n) is 10.1. The molecule has 176 valence electrons. The Balaban J connectivity index is 1.42. The van der Waals surface area contributed by atoms with Crippen molar-refractivity contribution in [3.63, 3.8) is 0 Å². The van der Waals surface area contributed by atoms with E-state index in [0.717, 1.165) is 25.0 Å². The average Bonchev–Trinajstić information content (AvgIpc) is 3.24. The van der Waals surface area contributed by atoms with Crippen molar-refractivity contribution in [1.82, 2.24) is 9.88 Å². The van der Waals surface area contributed by atoms with E-state index in [1.165, 1.54) is 41.3 Å². The Morgan fingerprint density at radius 2 is 2.09 bits per heavy atom. The van der Waals surface area contributed by atoms with Crippen molar-refractivity contribution in [3.05, 3.63) is 45.0 Å². The molecule has 1 amide bonds. The van der Waals surface area contributed by atoms with Gasteiger partial charge in [-0.05, 0) is 49.1 Å². The van der Waals surface area contributed by atoms with Crippen LogP contribution in [0.3, 0.4) is 0 Å². The van der Waals surface area contributed by atoms with Gasteiger partial charge in [-0.25, -0.2) is 9.78 Å². The van der Waals surface area contributed by atoms with Gasteiger partial charge in [0.25, 0.3) is 11.6 Å². The number of carbonyl (C=O) groups excluding carboxylic acids is 2. The first-order valence-electron chi connectivity index (χ1n) is 10.8. The summed E-state index contributed by atoms with van der Waals surface area (Å²) in [5, 5.41) is 13.5. The number of hydrogen-bond donors (Lipinski definition) is 0. The summed E-state index contributed by atoms with van der Waals surface area (Å²) in [6, 6.07) is 4.36. The lowest BCUT2D eigenvalue weighted by Gasteiger charge is -2.39. The minimum atomic E-state index is -0.748. The molecule has 10 heteroatoms. The van der Waals surface area contributed by atoms with Crippen molar-refractivity contribution < 1.29 is 19.2 Å². The van der Waals surface area contributed by atoms with Crippen LogP contribution in [0.25, 0.3) is 0 Å². The van der Waals surface area contributed by atoms with Crippen molar-refractivity contribution in [2.75, 3.05) is 13.2 Å². The molecule has 8 nitrogen and oxygen atoms in total. The zero-order valence-corrected chi connectivity index (χ0v) is 20.8. The van der Waals surface area contributed by atoms with Crippen LogP contribution in [0.2, 0.25) is 0 Å². The first kappa shape index (κ1) is 23.7. The Kier molecular flexibility index (Phi) is 6.26. The quantitative estimate of drug-likeness (QED) is 0.316. The summed E-state index contributed by atoms with van der Waals surface area (Å²) < 4.78 is 5.95. The number of nitro benzene ring substituents is 1. The summed E-state index contributed by atoms with van der Waals surface area (Å²) in [5.41, 5.74) is 0.962. The van der Waals surface area contributed by atoms with Gasteiger partial charge in [-0.1, -0.05) is 32.5 Å². The van der Waals surface area contributed by atoms with Crippen molar-refractivity contribution in [2.45, 2.75) is 62.2 Å². The highest BCUT2D eigenvalue weighted by Crippen LogP contribution is 2.52. The largest absolute Gasteiger partial charge is 0.452 e. The minimum absolute atomic E-state index is 0.0439. The van der Waals surface area contributed by atoms with Crippen LogP contribution < -0.4 is 0 Å². The van der Waals surface area contributed by atoms with E-state index < -0.39 is 10.9 Å². The van der Waals surface area contributed by atoms with E-state index in [-0.39, 0.29) is 40.6 Å². The van der Waals surface area contributed by atoms with E-state index in [1.54, 1.807) is 0 Å². The number of fused-ring (bicyclic) bond motifs is 2. The fourth-order valence-electron chi connectivity index (χ4n) is 5.39. The van der Waals surface area contributed by atoms with Crippen LogP contribution in [0.15, 0.2) is 32.8 Å². The summed E-state index contributed by atoms with van der Waals surface area (Å²) in [6.45, 7) is 8.84. The number of amides is 1. The molecule has 0 unspecified atom stereocenters.